The third-order valence-electron chi connectivity index (χ3n) is 8.26. The summed E-state index contributed by atoms with van der Waals surface area (Å²) in [5.74, 6) is -1.54. The average Bonchev–Trinajstić information content (AvgIpc) is 3.77. The third-order valence-corrected chi connectivity index (χ3v) is 8.26. The molecular formula is C35H32N6O7. The van der Waals surface area contributed by atoms with Gasteiger partial charge in [0.2, 0.25) is 5.95 Å². The van der Waals surface area contributed by atoms with Gasteiger partial charge < -0.3 is 30.0 Å². The Morgan fingerprint density at radius 1 is 0.875 bits per heavy atom. The molecule has 13 heteroatoms. The number of fused-ring (bicyclic) bond motifs is 1. The van der Waals surface area contributed by atoms with Crippen LogP contribution in [0.2, 0.25) is 0 Å². The molecule has 1 saturated heterocycles. The highest BCUT2D eigenvalue weighted by Crippen LogP contribution is 2.45. The van der Waals surface area contributed by atoms with Gasteiger partial charge >= 0.3 is 17.9 Å². The largest absolute Gasteiger partial charge is 0.459 e. The molecule has 3 aromatic carbocycles. The van der Waals surface area contributed by atoms with Gasteiger partial charge in [0.25, 0.3) is 0 Å². The SMILES string of the molecule is C[C@@]1(OC(=O)c2ccccc2)[C@H](OC(=O)c2ccccc2)[C@@H](COC(=O)c2ccccc2)O[C@H]1n1cnc2c(NC3CC3)nc(N)nc21. The van der Waals surface area contributed by atoms with E-state index in [1.54, 1.807) is 102 Å². The van der Waals surface area contributed by atoms with E-state index < -0.39 is 41.9 Å². The summed E-state index contributed by atoms with van der Waals surface area (Å²) in [5.41, 5.74) is 6.01. The Balaban J connectivity index is 1.30. The number of nitrogens with zero attached hydrogens (tertiary/aromatic N) is 4. The summed E-state index contributed by atoms with van der Waals surface area (Å²) in [6.45, 7) is 1.26. The van der Waals surface area contributed by atoms with Crippen LogP contribution in [0.5, 0.6) is 0 Å². The number of ether oxygens (including phenoxy) is 4. The number of nitrogens with one attached hydrogen (secondary N) is 1. The van der Waals surface area contributed by atoms with Crippen molar-refractivity contribution in [2.45, 2.75) is 49.8 Å². The summed E-state index contributed by atoms with van der Waals surface area (Å²) in [6.07, 6.45) is -0.0827. The van der Waals surface area contributed by atoms with Gasteiger partial charge in [0, 0.05) is 6.04 Å². The first-order chi connectivity index (χ1) is 23.3. The van der Waals surface area contributed by atoms with Gasteiger partial charge in [-0.2, -0.15) is 9.97 Å². The standard InChI is InChI=1S/C35H32N6O7/c1-35(48-32(44)23-15-9-4-10-16-23)27(47-31(43)22-13-7-3-8-14-22)25(19-45-30(42)21-11-5-2-6-12-21)46-33(35)41-20-37-26-28(38-24-17-18-24)39-34(36)40-29(26)41/h2-16,20,24-25,27,33H,17-19H2,1H3,(H3,36,38,39,40)/t25-,27-,33-,35-/m1/s1. The topological polar surface area (TPSA) is 170 Å². The van der Waals surface area contributed by atoms with Crippen LogP contribution in [0.1, 0.15) is 57.1 Å². The van der Waals surface area contributed by atoms with Crippen molar-refractivity contribution in [1.82, 2.24) is 19.5 Å². The number of benzene rings is 3. The Morgan fingerprint density at radius 2 is 1.46 bits per heavy atom. The lowest BCUT2D eigenvalue weighted by Gasteiger charge is -2.34. The zero-order valence-electron chi connectivity index (χ0n) is 25.9. The molecule has 13 nitrogen and oxygen atoms in total. The van der Waals surface area contributed by atoms with Crippen molar-refractivity contribution in [3.8, 4) is 0 Å². The number of esters is 3. The quantitative estimate of drug-likeness (QED) is 0.160. The highest BCUT2D eigenvalue weighted by molar-refractivity contribution is 5.91. The maximum atomic E-state index is 13.7. The highest BCUT2D eigenvalue weighted by Gasteiger charge is 2.61. The van der Waals surface area contributed by atoms with E-state index in [1.165, 1.54) is 6.33 Å². The fourth-order valence-corrected chi connectivity index (χ4v) is 5.68. The first-order valence-electron chi connectivity index (χ1n) is 15.5. The van der Waals surface area contributed by atoms with Crippen LogP contribution in [0.15, 0.2) is 97.3 Å². The number of nitrogens with two attached hydrogens (primary N) is 1. The lowest BCUT2D eigenvalue weighted by molar-refractivity contribution is -0.108. The Morgan fingerprint density at radius 3 is 2.06 bits per heavy atom. The minimum Gasteiger partial charge on any atom is -0.459 e. The summed E-state index contributed by atoms with van der Waals surface area (Å²) in [5, 5.41) is 3.33. The number of hydrogen-bond acceptors (Lipinski definition) is 12. The van der Waals surface area contributed by atoms with Gasteiger partial charge in [0.05, 0.1) is 23.0 Å². The van der Waals surface area contributed by atoms with Crippen molar-refractivity contribution in [2.24, 2.45) is 0 Å². The molecule has 1 aliphatic heterocycles. The number of carbonyl (C=O) groups excluding carboxylic acids is 3. The van der Waals surface area contributed by atoms with Crippen molar-refractivity contribution in [3.63, 3.8) is 0 Å². The minimum atomic E-state index is -1.71. The van der Waals surface area contributed by atoms with Gasteiger partial charge in [-0.25, -0.2) is 19.4 Å². The second-order valence-electron chi connectivity index (χ2n) is 11.8. The average molecular weight is 649 g/mol. The maximum absolute atomic E-state index is 13.7. The van der Waals surface area contributed by atoms with E-state index in [9.17, 15) is 14.4 Å². The van der Waals surface area contributed by atoms with E-state index in [4.69, 9.17) is 24.7 Å². The molecule has 3 N–H and O–H groups in total. The summed E-state index contributed by atoms with van der Waals surface area (Å²) < 4.78 is 26.2. The lowest BCUT2D eigenvalue weighted by Crippen LogP contribution is -2.50. The number of rotatable bonds is 10. The number of imidazole rings is 1. The Labute approximate surface area is 275 Å². The third kappa shape index (κ3) is 6.15. The van der Waals surface area contributed by atoms with E-state index in [0.29, 0.717) is 22.5 Å². The molecular weight excluding hydrogens is 616 g/mol. The molecule has 0 amide bonds. The molecule has 0 unspecified atom stereocenters. The van der Waals surface area contributed by atoms with Gasteiger partial charge in [0.15, 0.2) is 34.9 Å². The predicted octanol–water partition coefficient (Wildman–Crippen LogP) is 4.58. The normalized spacial score (nSPS) is 21.8. The second-order valence-corrected chi connectivity index (χ2v) is 11.8. The van der Waals surface area contributed by atoms with Gasteiger partial charge in [-0.3, -0.25) is 4.57 Å². The van der Waals surface area contributed by atoms with Crippen LogP contribution in [0.25, 0.3) is 11.2 Å². The van der Waals surface area contributed by atoms with Crippen molar-refractivity contribution in [2.75, 3.05) is 17.7 Å². The fourth-order valence-electron chi connectivity index (χ4n) is 5.68. The molecule has 5 aromatic rings. The van der Waals surface area contributed by atoms with Crippen LogP contribution in [-0.4, -0.2) is 67.9 Å². The van der Waals surface area contributed by atoms with Crippen LogP contribution in [-0.2, 0) is 18.9 Å². The van der Waals surface area contributed by atoms with Crippen LogP contribution in [0, 0.1) is 0 Å². The van der Waals surface area contributed by atoms with E-state index in [2.05, 4.69) is 20.3 Å². The van der Waals surface area contributed by atoms with E-state index >= 15 is 0 Å². The molecule has 0 spiro atoms. The molecule has 4 atom stereocenters. The first kappa shape index (κ1) is 30.8. The van der Waals surface area contributed by atoms with E-state index in [0.717, 1.165) is 12.8 Å². The molecule has 1 aliphatic carbocycles. The van der Waals surface area contributed by atoms with Gasteiger partial charge in [-0.15, -0.1) is 0 Å². The monoisotopic (exact) mass is 648 g/mol. The molecule has 0 bridgehead atoms. The van der Waals surface area contributed by atoms with Crippen molar-refractivity contribution in [1.29, 1.82) is 0 Å². The van der Waals surface area contributed by atoms with Gasteiger partial charge in [0.1, 0.15) is 12.7 Å². The van der Waals surface area contributed by atoms with E-state index in [1.807, 2.05) is 0 Å². The summed E-state index contributed by atoms with van der Waals surface area (Å²) in [6, 6.07) is 25.5. The van der Waals surface area contributed by atoms with Crippen LogP contribution in [0.4, 0.5) is 11.8 Å². The van der Waals surface area contributed by atoms with Crippen molar-refractivity contribution in [3.05, 3.63) is 114 Å². The molecule has 3 heterocycles. The van der Waals surface area contributed by atoms with E-state index in [-0.39, 0.29) is 29.7 Å². The molecule has 2 aromatic heterocycles. The zero-order valence-corrected chi connectivity index (χ0v) is 25.9. The van der Waals surface area contributed by atoms with Crippen molar-refractivity contribution < 1.29 is 33.3 Å². The Bertz CT molecular complexity index is 1950. The summed E-state index contributed by atoms with van der Waals surface area (Å²) in [7, 11) is 0. The molecule has 0 radical (unpaired) electrons. The lowest BCUT2D eigenvalue weighted by atomic mass is 9.95. The van der Waals surface area contributed by atoms with Gasteiger partial charge in [-0.1, -0.05) is 54.6 Å². The number of hydrogen-bond donors (Lipinski definition) is 2. The highest BCUT2D eigenvalue weighted by atomic mass is 16.7. The van der Waals surface area contributed by atoms with Crippen LogP contribution < -0.4 is 11.1 Å². The number of aromatic nitrogens is 4. The molecule has 48 heavy (non-hydrogen) atoms. The Kier molecular flexibility index (Phi) is 8.19. The van der Waals surface area contributed by atoms with Crippen LogP contribution in [0.3, 0.4) is 0 Å². The maximum Gasteiger partial charge on any atom is 0.338 e. The molecule has 244 valence electrons. The summed E-state index contributed by atoms with van der Waals surface area (Å²) >= 11 is 0. The molecule has 7 rings (SSSR count). The summed E-state index contributed by atoms with van der Waals surface area (Å²) in [4.78, 5) is 53.6. The molecule has 2 fully saturated rings. The number of carbonyl (C=O) groups is 3. The van der Waals surface area contributed by atoms with Crippen molar-refractivity contribution >= 4 is 40.8 Å². The predicted molar refractivity (Wildman–Crippen MR) is 173 cm³/mol. The first-order valence-corrected chi connectivity index (χ1v) is 15.5. The fraction of sp³-hybridized carbons (Fsp3) is 0.257. The van der Waals surface area contributed by atoms with Crippen LogP contribution >= 0.6 is 0 Å². The Hall–Kier alpha value is -5.82. The smallest absolute Gasteiger partial charge is 0.338 e. The number of anilines is 2. The van der Waals surface area contributed by atoms with Gasteiger partial charge in [-0.05, 0) is 56.2 Å². The number of nitrogen functional groups attached to an aromatic ring is 1. The minimum absolute atomic E-state index is 0.00576. The second kappa shape index (κ2) is 12.8. The molecule has 2 aliphatic rings. The molecule has 1 saturated carbocycles. The zero-order chi connectivity index (χ0) is 33.3.